The molecule has 3 aromatic carbocycles. The fourth-order valence-corrected chi connectivity index (χ4v) is 7.99. The minimum Gasteiger partial charge on any atom is -0.361 e. The summed E-state index contributed by atoms with van der Waals surface area (Å²) in [4.78, 5) is 26.9. The van der Waals surface area contributed by atoms with E-state index < -0.39 is 35.2 Å². The molecule has 3 N–H and O–H groups in total. The van der Waals surface area contributed by atoms with Crippen molar-refractivity contribution in [3.8, 4) is 0 Å². The Kier molecular flexibility index (Phi) is 9.94. The SMILES string of the molecule is C=CC1CN2CC[C@H]1C[C@H]2CN(C(=O)[C@@H](Cc1c[nH]c2ccccc12)NC(=S)Nc1cc(C(F)(F)F)cc(C(F)(F)F)c1)c1ccnc2ccccc12. The standard InChI is InChI=1S/C39H36F6N6OS/c1-2-23-21-50-14-12-24(23)15-29(50)22-51(35-11-13-46-33-10-6-4-8-31(33)35)36(52)34(16-25-20-47-32-9-5-3-7-30(25)32)49-37(53)48-28-18-26(38(40,41)42)17-27(19-28)39(43,44)45/h2-11,13,17-20,23-24,29,34,47H,1,12,14-16,21-22H2,(H2,48,49,53)/t23?,24-,29-,34+/m0/s1. The van der Waals surface area contributed by atoms with Gasteiger partial charge in [-0.3, -0.25) is 14.7 Å². The van der Waals surface area contributed by atoms with E-state index in [0.29, 0.717) is 41.7 Å². The van der Waals surface area contributed by atoms with E-state index in [1.807, 2.05) is 54.6 Å². The second-order valence-electron chi connectivity index (χ2n) is 13.6. The number of pyridine rings is 1. The molecule has 5 atom stereocenters. The topological polar surface area (TPSA) is 76.3 Å². The van der Waals surface area contributed by atoms with Gasteiger partial charge in [0.05, 0.1) is 22.3 Å². The van der Waals surface area contributed by atoms with Crippen LogP contribution in [0.25, 0.3) is 21.8 Å². The quantitative estimate of drug-likeness (QED) is 0.0797. The van der Waals surface area contributed by atoms with Crippen LogP contribution in [0.15, 0.2) is 97.8 Å². The molecule has 2 unspecified atom stereocenters. The first kappa shape index (κ1) is 36.4. The molecule has 3 fully saturated rings. The largest absolute Gasteiger partial charge is 0.416 e. The molecule has 1 amide bonds. The van der Waals surface area contributed by atoms with E-state index in [9.17, 15) is 26.3 Å². The molecular formula is C39H36F6N6OS. The van der Waals surface area contributed by atoms with Crippen LogP contribution in [0.5, 0.6) is 0 Å². The number of para-hydroxylation sites is 2. The average molecular weight is 751 g/mol. The molecule has 3 aliphatic rings. The maximum absolute atomic E-state index is 15.1. The Hall–Kier alpha value is -4.95. The highest BCUT2D eigenvalue weighted by atomic mass is 32.1. The first-order valence-electron chi connectivity index (χ1n) is 17.2. The summed E-state index contributed by atoms with van der Waals surface area (Å²) >= 11 is 5.52. The van der Waals surface area contributed by atoms with Crippen LogP contribution in [-0.2, 0) is 23.6 Å². The first-order valence-corrected chi connectivity index (χ1v) is 17.6. The lowest BCUT2D eigenvalue weighted by Crippen LogP contribution is -2.59. The van der Waals surface area contributed by atoms with E-state index in [1.54, 1.807) is 23.4 Å². The van der Waals surface area contributed by atoms with E-state index in [0.717, 1.165) is 47.8 Å². The minimum atomic E-state index is -5.05. The molecule has 3 aliphatic heterocycles. The number of benzene rings is 3. The second-order valence-corrected chi connectivity index (χ2v) is 14.0. The van der Waals surface area contributed by atoms with Crippen molar-refractivity contribution in [2.75, 3.05) is 29.9 Å². The smallest absolute Gasteiger partial charge is 0.361 e. The van der Waals surface area contributed by atoms with Gasteiger partial charge in [0, 0.05) is 59.9 Å². The number of hydrogen-bond acceptors (Lipinski definition) is 4. The average Bonchev–Trinajstić information content (AvgIpc) is 3.55. The highest BCUT2D eigenvalue weighted by Gasteiger charge is 2.41. The molecule has 53 heavy (non-hydrogen) atoms. The fourth-order valence-electron chi connectivity index (χ4n) is 7.73. The van der Waals surface area contributed by atoms with Crippen LogP contribution in [0.2, 0.25) is 0 Å². The zero-order chi connectivity index (χ0) is 37.5. The van der Waals surface area contributed by atoms with Crippen molar-refractivity contribution in [3.05, 3.63) is 115 Å². The van der Waals surface area contributed by atoms with Gasteiger partial charge in [-0.15, -0.1) is 6.58 Å². The zero-order valence-electron chi connectivity index (χ0n) is 28.3. The Morgan fingerprint density at radius 3 is 2.40 bits per heavy atom. The molecule has 5 aromatic rings. The van der Waals surface area contributed by atoms with Crippen molar-refractivity contribution in [2.24, 2.45) is 11.8 Å². The summed E-state index contributed by atoms with van der Waals surface area (Å²) < 4.78 is 82.0. The van der Waals surface area contributed by atoms with Gasteiger partial charge in [0.15, 0.2) is 5.11 Å². The van der Waals surface area contributed by atoms with Gasteiger partial charge in [0.1, 0.15) is 6.04 Å². The molecule has 7 nitrogen and oxygen atoms in total. The number of nitrogens with one attached hydrogen (secondary N) is 3. The number of piperidine rings is 3. The number of anilines is 2. The van der Waals surface area contributed by atoms with Crippen molar-refractivity contribution in [1.29, 1.82) is 0 Å². The molecule has 0 saturated carbocycles. The Morgan fingerprint density at radius 1 is 1.02 bits per heavy atom. The molecular weight excluding hydrogens is 715 g/mol. The summed E-state index contributed by atoms with van der Waals surface area (Å²) in [7, 11) is 0. The van der Waals surface area contributed by atoms with E-state index in [1.165, 1.54) is 0 Å². The number of hydrogen-bond donors (Lipinski definition) is 3. The Bertz CT molecular complexity index is 2130. The molecule has 14 heteroatoms. The lowest BCUT2D eigenvalue weighted by molar-refractivity contribution is -0.143. The van der Waals surface area contributed by atoms with Gasteiger partial charge in [-0.05, 0) is 85.4 Å². The van der Waals surface area contributed by atoms with Crippen LogP contribution >= 0.6 is 12.2 Å². The van der Waals surface area contributed by atoms with Gasteiger partial charge in [0.25, 0.3) is 0 Å². The van der Waals surface area contributed by atoms with Gasteiger partial charge in [0.2, 0.25) is 5.91 Å². The number of aromatic amines is 1. The first-order chi connectivity index (χ1) is 25.3. The lowest BCUT2D eigenvalue weighted by atomic mass is 9.75. The number of rotatable bonds is 9. The van der Waals surface area contributed by atoms with Crippen molar-refractivity contribution < 1.29 is 31.1 Å². The van der Waals surface area contributed by atoms with Gasteiger partial charge in [-0.1, -0.05) is 42.5 Å². The molecule has 5 heterocycles. The number of halogens is 6. The summed E-state index contributed by atoms with van der Waals surface area (Å²) in [5.74, 6) is 0.415. The third-order valence-electron chi connectivity index (χ3n) is 10.4. The highest BCUT2D eigenvalue weighted by Crippen LogP contribution is 2.39. The van der Waals surface area contributed by atoms with Gasteiger partial charge in [-0.2, -0.15) is 26.3 Å². The molecule has 0 aliphatic carbocycles. The number of fused-ring (bicyclic) bond motifs is 5. The van der Waals surface area contributed by atoms with Crippen molar-refractivity contribution in [2.45, 2.75) is 43.7 Å². The van der Waals surface area contributed by atoms with Crippen LogP contribution in [0.3, 0.4) is 0 Å². The third kappa shape index (κ3) is 7.74. The normalized spacial score (nSPS) is 20.6. The van der Waals surface area contributed by atoms with Gasteiger partial charge < -0.3 is 20.5 Å². The van der Waals surface area contributed by atoms with E-state index in [-0.39, 0.29) is 29.5 Å². The van der Waals surface area contributed by atoms with Crippen LogP contribution in [0.1, 0.15) is 29.5 Å². The van der Waals surface area contributed by atoms with Crippen molar-refractivity contribution in [3.63, 3.8) is 0 Å². The number of aromatic nitrogens is 2. The van der Waals surface area contributed by atoms with Gasteiger partial charge in [-0.25, -0.2) is 0 Å². The predicted molar refractivity (Wildman–Crippen MR) is 197 cm³/mol. The van der Waals surface area contributed by atoms with Crippen LogP contribution in [0, 0.1) is 11.8 Å². The summed E-state index contributed by atoms with van der Waals surface area (Å²) in [6, 6.07) is 16.9. The summed E-state index contributed by atoms with van der Waals surface area (Å²) in [6.07, 6.45) is -2.68. The fraction of sp³-hybridized carbons (Fsp3) is 0.308. The lowest BCUT2D eigenvalue weighted by Gasteiger charge is -2.50. The number of alkyl halides is 6. The maximum Gasteiger partial charge on any atom is 0.416 e. The Morgan fingerprint density at radius 2 is 1.72 bits per heavy atom. The van der Waals surface area contributed by atoms with E-state index in [2.05, 4.69) is 32.1 Å². The summed E-state index contributed by atoms with van der Waals surface area (Å²) in [5.41, 5.74) is -0.600. The monoisotopic (exact) mass is 750 g/mol. The van der Waals surface area contributed by atoms with E-state index >= 15 is 4.79 Å². The predicted octanol–water partition coefficient (Wildman–Crippen LogP) is 8.58. The second kappa shape index (κ2) is 14.5. The van der Waals surface area contributed by atoms with Crippen LogP contribution in [0.4, 0.5) is 37.7 Å². The van der Waals surface area contributed by atoms with E-state index in [4.69, 9.17) is 12.2 Å². The Balaban J connectivity index is 1.26. The summed E-state index contributed by atoms with van der Waals surface area (Å²) in [6.45, 7) is 6.09. The van der Waals surface area contributed by atoms with Crippen LogP contribution in [-0.4, -0.2) is 57.6 Å². The minimum absolute atomic E-state index is 0.0329. The number of amides is 1. The molecule has 8 rings (SSSR count). The zero-order valence-corrected chi connectivity index (χ0v) is 29.2. The van der Waals surface area contributed by atoms with Crippen LogP contribution < -0.4 is 15.5 Å². The maximum atomic E-state index is 15.1. The Labute approximate surface area is 307 Å². The van der Waals surface area contributed by atoms with Crippen molar-refractivity contribution >= 4 is 56.4 Å². The van der Waals surface area contributed by atoms with Crippen molar-refractivity contribution in [1.82, 2.24) is 20.2 Å². The number of H-pyrrole nitrogens is 1. The highest BCUT2D eigenvalue weighted by molar-refractivity contribution is 7.80. The van der Waals surface area contributed by atoms with Gasteiger partial charge >= 0.3 is 12.4 Å². The number of nitrogens with zero attached hydrogens (tertiary/aromatic N) is 3. The number of carbonyl (C=O) groups is 1. The molecule has 3 saturated heterocycles. The number of carbonyl (C=O) groups excluding carboxylic acids is 1. The summed E-state index contributed by atoms with van der Waals surface area (Å²) in [5, 5.41) is 6.77. The molecule has 0 radical (unpaired) electrons. The third-order valence-corrected chi connectivity index (χ3v) is 10.6. The number of thiocarbonyl (C=S) groups is 1. The molecule has 2 bridgehead atoms. The molecule has 0 spiro atoms. The molecule has 276 valence electrons. The molecule has 2 aromatic heterocycles.